The van der Waals surface area contributed by atoms with E-state index in [0.717, 1.165) is 11.1 Å². The van der Waals surface area contributed by atoms with E-state index in [9.17, 15) is 4.39 Å². The predicted octanol–water partition coefficient (Wildman–Crippen LogP) is 3.39. The Kier molecular flexibility index (Phi) is 3.40. The van der Waals surface area contributed by atoms with Crippen molar-refractivity contribution in [2.45, 2.75) is 13.5 Å². The largest absolute Gasteiger partial charge is 0.454 e. The van der Waals surface area contributed by atoms with Gasteiger partial charge in [0.2, 0.25) is 0 Å². The van der Waals surface area contributed by atoms with Crippen LogP contribution < -0.4 is 10.5 Å². The van der Waals surface area contributed by atoms with Crippen LogP contribution in [0.1, 0.15) is 11.1 Å². The molecule has 2 aromatic carbocycles. The Morgan fingerprint density at radius 1 is 1.12 bits per heavy atom. The molecule has 0 amide bonds. The van der Waals surface area contributed by atoms with Gasteiger partial charge in [0.25, 0.3) is 0 Å². The molecule has 0 radical (unpaired) electrons. The number of ether oxygens (including phenoxy) is 1. The SMILES string of the molecule is Cc1ccc(CN)cc1Oc1ccccc1F. The van der Waals surface area contributed by atoms with Gasteiger partial charge < -0.3 is 10.5 Å². The van der Waals surface area contributed by atoms with Crippen molar-refractivity contribution < 1.29 is 9.13 Å². The molecule has 2 N–H and O–H groups in total. The molecule has 0 aromatic heterocycles. The number of hydrogen-bond donors (Lipinski definition) is 1. The van der Waals surface area contributed by atoms with Gasteiger partial charge in [0.05, 0.1) is 0 Å². The molecule has 88 valence electrons. The fourth-order valence-corrected chi connectivity index (χ4v) is 1.53. The van der Waals surface area contributed by atoms with Crippen molar-refractivity contribution in [2.75, 3.05) is 0 Å². The lowest BCUT2D eigenvalue weighted by molar-refractivity contribution is 0.439. The summed E-state index contributed by atoms with van der Waals surface area (Å²) in [6.07, 6.45) is 0. The summed E-state index contributed by atoms with van der Waals surface area (Å²) in [5.74, 6) is 0.493. The molecule has 2 nitrogen and oxygen atoms in total. The molecule has 0 fully saturated rings. The normalized spacial score (nSPS) is 10.3. The van der Waals surface area contributed by atoms with Crippen LogP contribution in [0, 0.1) is 12.7 Å². The predicted molar refractivity (Wildman–Crippen MR) is 65.5 cm³/mol. The Morgan fingerprint density at radius 2 is 1.88 bits per heavy atom. The average molecular weight is 231 g/mol. The molecule has 2 aromatic rings. The summed E-state index contributed by atoms with van der Waals surface area (Å²) in [5, 5.41) is 0. The third-order valence-corrected chi connectivity index (χ3v) is 2.54. The smallest absolute Gasteiger partial charge is 0.165 e. The highest BCUT2D eigenvalue weighted by Gasteiger charge is 2.06. The van der Waals surface area contributed by atoms with E-state index in [1.165, 1.54) is 6.07 Å². The molecule has 0 aliphatic rings. The lowest BCUT2D eigenvalue weighted by Gasteiger charge is -2.10. The van der Waals surface area contributed by atoms with Gasteiger partial charge in [0.1, 0.15) is 5.75 Å². The first-order valence-corrected chi connectivity index (χ1v) is 5.42. The van der Waals surface area contributed by atoms with Crippen LogP contribution >= 0.6 is 0 Å². The molecule has 0 saturated carbocycles. The fraction of sp³-hybridized carbons (Fsp3) is 0.143. The van der Waals surface area contributed by atoms with E-state index >= 15 is 0 Å². The van der Waals surface area contributed by atoms with Crippen molar-refractivity contribution in [1.82, 2.24) is 0 Å². The van der Waals surface area contributed by atoms with E-state index in [4.69, 9.17) is 10.5 Å². The summed E-state index contributed by atoms with van der Waals surface area (Å²) >= 11 is 0. The second kappa shape index (κ2) is 4.97. The maximum atomic E-state index is 13.4. The van der Waals surface area contributed by atoms with Crippen LogP contribution in [0.25, 0.3) is 0 Å². The maximum absolute atomic E-state index is 13.4. The van der Waals surface area contributed by atoms with Crippen molar-refractivity contribution in [1.29, 1.82) is 0 Å². The zero-order valence-corrected chi connectivity index (χ0v) is 9.61. The highest BCUT2D eigenvalue weighted by atomic mass is 19.1. The zero-order chi connectivity index (χ0) is 12.3. The summed E-state index contributed by atoms with van der Waals surface area (Å²) in [4.78, 5) is 0. The quantitative estimate of drug-likeness (QED) is 0.878. The van der Waals surface area contributed by atoms with E-state index < -0.39 is 0 Å². The molecule has 0 bridgehead atoms. The molecule has 0 aliphatic heterocycles. The van der Waals surface area contributed by atoms with Crippen molar-refractivity contribution in [3.63, 3.8) is 0 Å². The second-order valence-corrected chi connectivity index (χ2v) is 3.84. The summed E-state index contributed by atoms with van der Waals surface area (Å²) in [5.41, 5.74) is 7.47. The second-order valence-electron chi connectivity index (χ2n) is 3.84. The number of aryl methyl sites for hydroxylation is 1. The number of nitrogens with two attached hydrogens (primary N) is 1. The first kappa shape index (κ1) is 11.6. The van der Waals surface area contributed by atoms with Gasteiger partial charge in [-0.15, -0.1) is 0 Å². The molecule has 0 atom stereocenters. The molecule has 3 heteroatoms. The molecular formula is C14H14FNO. The van der Waals surface area contributed by atoms with Crippen LogP contribution in [-0.4, -0.2) is 0 Å². The van der Waals surface area contributed by atoms with Gasteiger partial charge in [0.15, 0.2) is 11.6 Å². The Hall–Kier alpha value is -1.87. The minimum absolute atomic E-state index is 0.227. The highest BCUT2D eigenvalue weighted by molar-refractivity contribution is 5.40. The van der Waals surface area contributed by atoms with Gasteiger partial charge in [-0.3, -0.25) is 0 Å². The summed E-state index contributed by atoms with van der Waals surface area (Å²) in [7, 11) is 0. The molecule has 17 heavy (non-hydrogen) atoms. The van der Waals surface area contributed by atoms with Crippen LogP contribution in [0.3, 0.4) is 0 Å². The van der Waals surface area contributed by atoms with Gasteiger partial charge in [-0.25, -0.2) is 4.39 Å². The van der Waals surface area contributed by atoms with Gasteiger partial charge in [0, 0.05) is 6.54 Å². The van der Waals surface area contributed by atoms with Gasteiger partial charge in [-0.1, -0.05) is 24.3 Å². The van der Waals surface area contributed by atoms with Gasteiger partial charge in [-0.05, 0) is 36.2 Å². The van der Waals surface area contributed by atoms with Crippen molar-refractivity contribution in [3.8, 4) is 11.5 Å². The summed E-state index contributed by atoms with van der Waals surface area (Å²) in [6, 6.07) is 12.0. The lowest BCUT2D eigenvalue weighted by atomic mass is 10.1. The van der Waals surface area contributed by atoms with E-state index in [1.807, 2.05) is 25.1 Å². The maximum Gasteiger partial charge on any atom is 0.165 e. The third-order valence-electron chi connectivity index (χ3n) is 2.54. The van der Waals surface area contributed by atoms with Crippen LogP contribution in [0.2, 0.25) is 0 Å². The van der Waals surface area contributed by atoms with Crippen LogP contribution in [0.5, 0.6) is 11.5 Å². The minimum atomic E-state index is -0.370. The van der Waals surface area contributed by atoms with E-state index in [1.54, 1.807) is 18.2 Å². The Balaban J connectivity index is 2.32. The van der Waals surface area contributed by atoms with Crippen molar-refractivity contribution >= 4 is 0 Å². The average Bonchev–Trinajstić information content (AvgIpc) is 2.35. The van der Waals surface area contributed by atoms with Crippen molar-refractivity contribution in [3.05, 3.63) is 59.4 Å². The van der Waals surface area contributed by atoms with E-state index in [-0.39, 0.29) is 11.6 Å². The first-order chi connectivity index (χ1) is 8.20. The molecule has 0 saturated heterocycles. The third kappa shape index (κ3) is 2.63. The number of rotatable bonds is 3. The van der Waals surface area contributed by atoms with Gasteiger partial charge in [-0.2, -0.15) is 0 Å². The Morgan fingerprint density at radius 3 is 2.59 bits per heavy atom. The number of hydrogen-bond acceptors (Lipinski definition) is 2. The monoisotopic (exact) mass is 231 g/mol. The molecule has 2 rings (SSSR count). The molecule has 0 unspecified atom stereocenters. The lowest BCUT2D eigenvalue weighted by Crippen LogP contribution is -1.98. The molecule has 0 heterocycles. The summed E-state index contributed by atoms with van der Waals surface area (Å²) < 4.78 is 19.0. The standard InChI is InChI=1S/C14H14FNO/c1-10-6-7-11(9-16)8-14(10)17-13-5-3-2-4-12(13)15/h2-8H,9,16H2,1H3. The van der Waals surface area contributed by atoms with Crippen LogP contribution in [-0.2, 0) is 6.54 Å². The molecular weight excluding hydrogens is 217 g/mol. The topological polar surface area (TPSA) is 35.2 Å². The molecule has 0 aliphatic carbocycles. The number of halogens is 1. The van der Waals surface area contributed by atoms with E-state index in [0.29, 0.717) is 12.3 Å². The first-order valence-electron chi connectivity index (χ1n) is 5.42. The van der Waals surface area contributed by atoms with Crippen molar-refractivity contribution in [2.24, 2.45) is 5.73 Å². The Bertz CT molecular complexity index is 525. The van der Waals surface area contributed by atoms with Crippen LogP contribution in [0.15, 0.2) is 42.5 Å². The van der Waals surface area contributed by atoms with E-state index in [2.05, 4.69) is 0 Å². The zero-order valence-electron chi connectivity index (χ0n) is 9.61. The summed E-state index contributed by atoms with van der Waals surface area (Å²) in [6.45, 7) is 2.35. The van der Waals surface area contributed by atoms with Gasteiger partial charge >= 0.3 is 0 Å². The Labute approximate surface area is 99.8 Å². The fourth-order valence-electron chi connectivity index (χ4n) is 1.53. The highest BCUT2D eigenvalue weighted by Crippen LogP contribution is 2.27. The van der Waals surface area contributed by atoms with Crippen LogP contribution in [0.4, 0.5) is 4.39 Å². The number of para-hydroxylation sites is 1. The minimum Gasteiger partial charge on any atom is -0.454 e. The number of benzene rings is 2. The molecule has 0 spiro atoms.